The number of aliphatic hydroxyl groups excluding tert-OH is 1. The van der Waals surface area contributed by atoms with Crippen molar-refractivity contribution in [3.8, 4) is 0 Å². The van der Waals surface area contributed by atoms with Crippen molar-refractivity contribution >= 4 is 5.97 Å². The average molecular weight is 213 g/mol. The maximum Gasteiger partial charge on any atom is 0.329 e. The first-order chi connectivity index (χ1) is 7.12. The molecule has 0 unspecified atom stereocenters. The Hall–Kier alpha value is -0.870. The van der Waals surface area contributed by atoms with Gasteiger partial charge in [-0.05, 0) is 26.2 Å². The van der Waals surface area contributed by atoms with Crippen LogP contribution in [0.2, 0.25) is 0 Å². The lowest BCUT2D eigenvalue weighted by Crippen LogP contribution is -2.48. The van der Waals surface area contributed by atoms with E-state index in [4.69, 9.17) is 9.84 Å². The zero-order valence-electron chi connectivity index (χ0n) is 9.32. The first-order valence-electron chi connectivity index (χ1n) is 5.28. The van der Waals surface area contributed by atoms with Crippen LogP contribution in [-0.4, -0.2) is 36.4 Å². The number of nitrogens with one attached hydrogen (secondary N) is 1. The molecule has 0 spiro atoms. The molecule has 0 fully saturated rings. The van der Waals surface area contributed by atoms with Gasteiger partial charge in [0.2, 0.25) is 0 Å². The van der Waals surface area contributed by atoms with Crippen LogP contribution in [0, 0.1) is 0 Å². The van der Waals surface area contributed by atoms with Crippen LogP contribution in [0.4, 0.5) is 0 Å². The minimum atomic E-state index is -0.682. The molecule has 1 rings (SSSR count). The molecule has 0 aliphatic carbocycles. The molecule has 1 aliphatic rings. The van der Waals surface area contributed by atoms with E-state index >= 15 is 0 Å². The van der Waals surface area contributed by atoms with E-state index in [0.717, 1.165) is 19.3 Å². The van der Waals surface area contributed by atoms with Gasteiger partial charge in [0.05, 0.1) is 7.11 Å². The second-order valence-corrected chi connectivity index (χ2v) is 4.02. The summed E-state index contributed by atoms with van der Waals surface area (Å²) in [6, 6.07) is 0.209. The van der Waals surface area contributed by atoms with Gasteiger partial charge in [0.1, 0.15) is 5.54 Å². The van der Waals surface area contributed by atoms with E-state index in [-0.39, 0.29) is 18.6 Å². The Balaban J connectivity index is 2.39. The molecular formula is C11H19NO3. The van der Waals surface area contributed by atoms with Gasteiger partial charge in [-0.2, -0.15) is 0 Å². The molecular weight excluding hydrogens is 194 g/mol. The van der Waals surface area contributed by atoms with Crippen LogP contribution in [0.1, 0.15) is 26.2 Å². The van der Waals surface area contributed by atoms with E-state index in [1.54, 1.807) is 6.92 Å². The SMILES string of the molecule is COC(=O)[C@@]1(C)C=C[C@@H](CCCCO)N1. The van der Waals surface area contributed by atoms with Crippen molar-refractivity contribution in [3.63, 3.8) is 0 Å². The lowest BCUT2D eigenvalue weighted by molar-refractivity contribution is -0.145. The Labute approximate surface area is 90.3 Å². The van der Waals surface area contributed by atoms with Crippen molar-refractivity contribution in [2.75, 3.05) is 13.7 Å². The highest BCUT2D eigenvalue weighted by atomic mass is 16.5. The third kappa shape index (κ3) is 3.04. The molecule has 2 N–H and O–H groups in total. The highest BCUT2D eigenvalue weighted by Gasteiger charge is 2.36. The van der Waals surface area contributed by atoms with Crippen LogP contribution in [0.5, 0.6) is 0 Å². The van der Waals surface area contributed by atoms with Gasteiger partial charge in [0.15, 0.2) is 0 Å². The predicted molar refractivity (Wildman–Crippen MR) is 57.4 cm³/mol. The van der Waals surface area contributed by atoms with E-state index in [2.05, 4.69) is 5.32 Å². The summed E-state index contributed by atoms with van der Waals surface area (Å²) in [5.74, 6) is -0.261. The molecule has 1 aliphatic heterocycles. The normalized spacial score (nSPS) is 29.4. The summed E-state index contributed by atoms with van der Waals surface area (Å²) in [5, 5.41) is 11.9. The Bertz CT molecular complexity index is 252. The summed E-state index contributed by atoms with van der Waals surface area (Å²) in [6.07, 6.45) is 6.54. The zero-order chi connectivity index (χ0) is 11.3. The van der Waals surface area contributed by atoms with Gasteiger partial charge in [-0.1, -0.05) is 12.2 Å². The summed E-state index contributed by atoms with van der Waals surface area (Å²) in [6.45, 7) is 2.03. The lowest BCUT2D eigenvalue weighted by Gasteiger charge is -2.22. The zero-order valence-corrected chi connectivity index (χ0v) is 9.32. The molecule has 0 aromatic carbocycles. The number of hydrogen-bond acceptors (Lipinski definition) is 4. The third-order valence-corrected chi connectivity index (χ3v) is 2.68. The molecule has 4 heteroatoms. The van der Waals surface area contributed by atoms with E-state index < -0.39 is 5.54 Å². The number of hydrogen-bond donors (Lipinski definition) is 2. The highest BCUT2D eigenvalue weighted by Crippen LogP contribution is 2.19. The molecule has 0 radical (unpaired) electrons. The molecule has 0 bridgehead atoms. The van der Waals surface area contributed by atoms with Crippen molar-refractivity contribution in [1.29, 1.82) is 0 Å². The van der Waals surface area contributed by atoms with Crippen LogP contribution in [0.15, 0.2) is 12.2 Å². The summed E-state index contributed by atoms with van der Waals surface area (Å²) < 4.78 is 4.72. The van der Waals surface area contributed by atoms with Gasteiger partial charge in [-0.25, -0.2) is 4.79 Å². The van der Waals surface area contributed by atoms with E-state index in [9.17, 15) is 4.79 Å². The van der Waals surface area contributed by atoms with Crippen LogP contribution in [-0.2, 0) is 9.53 Å². The van der Waals surface area contributed by atoms with Crippen LogP contribution in [0.3, 0.4) is 0 Å². The Morgan fingerprint density at radius 1 is 1.60 bits per heavy atom. The fourth-order valence-electron chi connectivity index (χ4n) is 1.77. The number of rotatable bonds is 5. The second-order valence-electron chi connectivity index (χ2n) is 4.02. The monoisotopic (exact) mass is 213 g/mol. The molecule has 15 heavy (non-hydrogen) atoms. The fourth-order valence-corrected chi connectivity index (χ4v) is 1.77. The fraction of sp³-hybridized carbons (Fsp3) is 0.727. The van der Waals surface area contributed by atoms with Gasteiger partial charge in [0.25, 0.3) is 0 Å². The topological polar surface area (TPSA) is 58.6 Å². The van der Waals surface area contributed by atoms with Crippen LogP contribution >= 0.6 is 0 Å². The average Bonchev–Trinajstić information content (AvgIpc) is 2.61. The Kier molecular flexibility index (Phi) is 4.29. The van der Waals surface area contributed by atoms with Crippen molar-refractivity contribution in [2.45, 2.75) is 37.8 Å². The minimum Gasteiger partial charge on any atom is -0.467 e. The van der Waals surface area contributed by atoms with Crippen LogP contribution < -0.4 is 5.32 Å². The number of aliphatic hydroxyl groups is 1. The molecule has 0 aromatic heterocycles. The number of unbranched alkanes of at least 4 members (excludes halogenated alkanes) is 1. The minimum absolute atomic E-state index is 0.209. The molecule has 2 atom stereocenters. The lowest BCUT2D eigenvalue weighted by atomic mass is 10.1. The van der Waals surface area contributed by atoms with Crippen molar-refractivity contribution in [2.24, 2.45) is 0 Å². The highest BCUT2D eigenvalue weighted by molar-refractivity contribution is 5.83. The van der Waals surface area contributed by atoms with E-state index in [1.165, 1.54) is 7.11 Å². The first kappa shape index (κ1) is 12.2. The predicted octanol–water partition coefficient (Wildman–Crippen LogP) is 0.609. The largest absolute Gasteiger partial charge is 0.467 e. The third-order valence-electron chi connectivity index (χ3n) is 2.68. The molecule has 0 saturated heterocycles. The van der Waals surface area contributed by atoms with Gasteiger partial charge in [-0.3, -0.25) is 5.32 Å². The maximum absolute atomic E-state index is 11.4. The maximum atomic E-state index is 11.4. The van der Waals surface area contributed by atoms with Crippen molar-refractivity contribution in [3.05, 3.63) is 12.2 Å². The molecule has 1 heterocycles. The van der Waals surface area contributed by atoms with Gasteiger partial charge < -0.3 is 9.84 Å². The summed E-state index contributed by atoms with van der Waals surface area (Å²) >= 11 is 0. The molecule has 86 valence electrons. The molecule has 4 nitrogen and oxygen atoms in total. The first-order valence-corrected chi connectivity index (χ1v) is 5.28. The Morgan fingerprint density at radius 3 is 2.93 bits per heavy atom. The number of carbonyl (C=O) groups excluding carboxylic acids is 1. The second kappa shape index (κ2) is 5.28. The van der Waals surface area contributed by atoms with Gasteiger partial charge in [-0.15, -0.1) is 0 Å². The quantitative estimate of drug-likeness (QED) is 0.399. The Morgan fingerprint density at radius 2 is 2.33 bits per heavy atom. The summed E-state index contributed by atoms with van der Waals surface area (Å²) in [5.41, 5.74) is -0.682. The molecule has 0 aromatic rings. The summed E-state index contributed by atoms with van der Waals surface area (Å²) in [7, 11) is 1.39. The van der Waals surface area contributed by atoms with E-state index in [0.29, 0.717) is 0 Å². The van der Waals surface area contributed by atoms with E-state index in [1.807, 2.05) is 12.2 Å². The number of ether oxygens (including phenoxy) is 1. The number of carbonyl (C=O) groups is 1. The van der Waals surface area contributed by atoms with Crippen molar-refractivity contribution in [1.82, 2.24) is 5.32 Å². The standard InChI is InChI=1S/C11H19NO3/c1-11(10(14)15-2)7-6-9(12-11)5-3-4-8-13/h6-7,9,12-13H,3-5,8H2,1-2H3/t9-,11-/m1/s1. The van der Waals surface area contributed by atoms with Crippen molar-refractivity contribution < 1.29 is 14.6 Å². The van der Waals surface area contributed by atoms with Gasteiger partial charge >= 0.3 is 5.97 Å². The smallest absolute Gasteiger partial charge is 0.329 e. The van der Waals surface area contributed by atoms with Crippen LogP contribution in [0.25, 0.3) is 0 Å². The van der Waals surface area contributed by atoms with Gasteiger partial charge in [0, 0.05) is 12.6 Å². The molecule has 0 amide bonds. The molecule has 0 saturated carbocycles. The number of esters is 1. The summed E-state index contributed by atoms with van der Waals surface area (Å²) in [4.78, 5) is 11.4. The number of methoxy groups -OCH3 is 1.